The molecule has 1 amide bonds. The Labute approximate surface area is 195 Å². The van der Waals surface area contributed by atoms with Crippen molar-refractivity contribution in [2.75, 3.05) is 12.4 Å². The third-order valence-electron chi connectivity index (χ3n) is 6.48. The number of carbonyl (C=O) groups is 1. The summed E-state index contributed by atoms with van der Waals surface area (Å²) in [6.07, 6.45) is 6.80. The molecule has 2 aromatic heterocycles. The molecule has 3 heterocycles. The molecule has 6 rings (SSSR count). The van der Waals surface area contributed by atoms with Crippen LogP contribution >= 0.6 is 11.3 Å². The maximum Gasteiger partial charge on any atom is 0.226 e. The zero-order chi connectivity index (χ0) is 22.4. The van der Waals surface area contributed by atoms with Crippen LogP contribution < -0.4 is 14.8 Å². The summed E-state index contributed by atoms with van der Waals surface area (Å²) in [6.45, 7) is 0. The lowest BCUT2D eigenvalue weighted by Crippen LogP contribution is -2.25. The standard InChI is InChI=1S/C25H24N4O3S/c1-31-20-11-6-9-16(23(20)32-15-7-2-3-8-15)17-13-22(30)28-24-18(17)14-26-29(24)25-27-19-10-4-5-12-21(19)33-25/h4-6,9-12,14-15,17H,2-3,7-8,13H2,1H3,(H,28,30). The molecule has 0 radical (unpaired) electrons. The van der Waals surface area contributed by atoms with E-state index in [2.05, 4.69) is 10.4 Å². The molecule has 0 bridgehead atoms. The van der Waals surface area contributed by atoms with Crippen LogP contribution in [0.15, 0.2) is 48.7 Å². The highest BCUT2D eigenvalue weighted by atomic mass is 32.1. The van der Waals surface area contributed by atoms with Crippen molar-refractivity contribution >= 4 is 33.3 Å². The number of ether oxygens (including phenoxy) is 2. The number of amides is 1. The van der Waals surface area contributed by atoms with Gasteiger partial charge in [-0.25, -0.2) is 4.98 Å². The van der Waals surface area contributed by atoms with E-state index in [0.29, 0.717) is 18.0 Å². The van der Waals surface area contributed by atoms with Gasteiger partial charge in [-0.1, -0.05) is 35.6 Å². The summed E-state index contributed by atoms with van der Waals surface area (Å²) in [4.78, 5) is 17.6. The maximum absolute atomic E-state index is 12.8. The van der Waals surface area contributed by atoms with E-state index in [-0.39, 0.29) is 17.9 Å². The van der Waals surface area contributed by atoms with Gasteiger partial charge in [-0.2, -0.15) is 9.78 Å². The molecule has 1 aliphatic heterocycles. The van der Waals surface area contributed by atoms with Crippen LogP contribution in [0.3, 0.4) is 0 Å². The minimum Gasteiger partial charge on any atom is -0.493 e. The number of hydrogen-bond acceptors (Lipinski definition) is 6. The third kappa shape index (κ3) is 3.54. The molecule has 0 saturated heterocycles. The molecule has 1 unspecified atom stereocenters. The summed E-state index contributed by atoms with van der Waals surface area (Å²) >= 11 is 1.55. The molecular weight excluding hydrogens is 436 g/mol. The van der Waals surface area contributed by atoms with Crippen LogP contribution in [0.4, 0.5) is 5.82 Å². The first-order valence-corrected chi connectivity index (χ1v) is 12.1. The van der Waals surface area contributed by atoms with Crippen LogP contribution in [0.25, 0.3) is 15.3 Å². The molecule has 2 aromatic carbocycles. The van der Waals surface area contributed by atoms with Gasteiger partial charge in [0.05, 0.1) is 29.6 Å². The Bertz CT molecular complexity index is 1310. The predicted octanol–water partition coefficient (Wildman–Crippen LogP) is 5.29. The molecule has 1 aliphatic carbocycles. The van der Waals surface area contributed by atoms with Crippen LogP contribution in [0.5, 0.6) is 11.5 Å². The van der Waals surface area contributed by atoms with Crippen molar-refractivity contribution in [1.29, 1.82) is 0 Å². The number of aromatic nitrogens is 3. The number of benzene rings is 2. The minimum atomic E-state index is -0.177. The molecule has 1 saturated carbocycles. The van der Waals surface area contributed by atoms with E-state index in [0.717, 1.165) is 45.1 Å². The van der Waals surface area contributed by atoms with E-state index >= 15 is 0 Å². The average molecular weight is 461 g/mol. The highest BCUT2D eigenvalue weighted by Gasteiger charge is 2.34. The maximum atomic E-state index is 12.8. The number of rotatable bonds is 5. The highest BCUT2D eigenvalue weighted by Crippen LogP contribution is 2.45. The third-order valence-corrected chi connectivity index (χ3v) is 7.49. The Balaban J connectivity index is 1.44. The van der Waals surface area contributed by atoms with E-state index in [4.69, 9.17) is 14.5 Å². The van der Waals surface area contributed by atoms with E-state index in [9.17, 15) is 4.79 Å². The molecule has 1 atom stereocenters. The second-order valence-corrected chi connectivity index (χ2v) is 9.54. The van der Waals surface area contributed by atoms with Gasteiger partial charge in [0.2, 0.25) is 11.0 Å². The second-order valence-electron chi connectivity index (χ2n) is 8.53. The number of methoxy groups -OCH3 is 1. The van der Waals surface area contributed by atoms with Crippen LogP contribution in [0, 0.1) is 0 Å². The van der Waals surface area contributed by atoms with Gasteiger partial charge in [0.1, 0.15) is 5.82 Å². The summed E-state index contributed by atoms with van der Waals surface area (Å²) in [5, 5.41) is 8.38. The van der Waals surface area contributed by atoms with Crippen LogP contribution in [0.1, 0.15) is 49.1 Å². The van der Waals surface area contributed by atoms with Crippen molar-refractivity contribution in [3.63, 3.8) is 0 Å². The zero-order valence-electron chi connectivity index (χ0n) is 18.3. The lowest BCUT2D eigenvalue weighted by molar-refractivity contribution is -0.116. The molecule has 33 heavy (non-hydrogen) atoms. The van der Waals surface area contributed by atoms with E-state index < -0.39 is 0 Å². The molecule has 1 fully saturated rings. The first kappa shape index (κ1) is 20.2. The normalized spacial score (nSPS) is 18.3. The Morgan fingerprint density at radius 3 is 2.76 bits per heavy atom. The lowest BCUT2D eigenvalue weighted by atomic mass is 9.86. The number of thiazole rings is 1. The van der Waals surface area contributed by atoms with E-state index in [1.807, 2.05) is 48.7 Å². The van der Waals surface area contributed by atoms with Crippen LogP contribution in [0.2, 0.25) is 0 Å². The summed E-state index contributed by atoms with van der Waals surface area (Å²) in [7, 11) is 1.66. The fourth-order valence-corrected chi connectivity index (χ4v) is 5.79. The van der Waals surface area contributed by atoms with E-state index in [1.54, 1.807) is 23.1 Å². The fourth-order valence-electron chi connectivity index (χ4n) is 4.86. The van der Waals surface area contributed by atoms with Crippen molar-refractivity contribution in [1.82, 2.24) is 14.8 Å². The molecule has 0 spiro atoms. The predicted molar refractivity (Wildman–Crippen MR) is 128 cm³/mol. The SMILES string of the molecule is COc1cccc(C2CC(=O)Nc3c2cnn3-c2nc3ccccc3s2)c1OC1CCCC1. The van der Waals surface area contributed by atoms with Gasteiger partial charge >= 0.3 is 0 Å². The number of nitrogens with zero attached hydrogens (tertiary/aromatic N) is 3. The van der Waals surface area contributed by atoms with Gasteiger partial charge < -0.3 is 14.8 Å². The molecule has 8 heteroatoms. The first-order chi connectivity index (χ1) is 16.2. The van der Waals surface area contributed by atoms with Crippen molar-refractivity contribution in [3.8, 4) is 16.6 Å². The molecule has 7 nitrogen and oxygen atoms in total. The molecule has 4 aromatic rings. The van der Waals surface area contributed by atoms with Crippen molar-refractivity contribution in [2.45, 2.75) is 44.1 Å². The van der Waals surface area contributed by atoms with Gasteiger partial charge in [-0.3, -0.25) is 4.79 Å². The largest absolute Gasteiger partial charge is 0.493 e. The van der Waals surface area contributed by atoms with Crippen LogP contribution in [-0.4, -0.2) is 33.9 Å². The Kier molecular flexibility index (Phi) is 5.02. The number of anilines is 1. The summed E-state index contributed by atoms with van der Waals surface area (Å²) < 4.78 is 14.9. The van der Waals surface area contributed by atoms with Gasteiger partial charge in [-0.05, 0) is 43.9 Å². The summed E-state index contributed by atoms with van der Waals surface area (Å²) in [6, 6.07) is 13.9. The summed E-state index contributed by atoms with van der Waals surface area (Å²) in [5.74, 6) is 1.88. The molecular formula is C25H24N4O3S. The average Bonchev–Trinajstić information content (AvgIpc) is 3.58. The van der Waals surface area contributed by atoms with E-state index in [1.165, 1.54) is 12.8 Å². The molecule has 1 N–H and O–H groups in total. The second kappa shape index (κ2) is 8.19. The van der Waals surface area contributed by atoms with Gasteiger partial charge in [-0.15, -0.1) is 0 Å². The Morgan fingerprint density at radius 2 is 1.94 bits per heavy atom. The Hall–Kier alpha value is -3.39. The Morgan fingerprint density at radius 1 is 1.09 bits per heavy atom. The number of nitrogens with one attached hydrogen (secondary N) is 1. The lowest BCUT2D eigenvalue weighted by Gasteiger charge is -2.27. The summed E-state index contributed by atoms with van der Waals surface area (Å²) in [5.41, 5.74) is 2.83. The quantitative estimate of drug-likeness (QED) is 0.438. The van der Waals surface area contributed by atoms with Gasteiger partial charge in [0.25, 0.3) is 0 Å². The van der Waals surface area contributed by atoms with Crippen LogP contribution in [-0.2, 0) is 4.79 Å². The number of carbonyl (C=O) groups excluding carboxylic acids is 1. The van der Waals surface area contributed by atoms with Gasteiger partial charge in [0, 0.05) is 23.5 Å². The minimum absolute atomic E-state index is 0.0509. The van der Waals surface area contributed by atoms with Crippen molar-refractivity contribution in [2.24, 2.45) is 0 Å². The molecule has 168 valence electrons. The van der Waals surface area contributed by atoms with Crippen molar-refractivity contribution < 1.29 is 14.3 Å². The topological polar surface area (TPSA) is 78.3 Å². The molecule has 2 aliphatic rings. The number of para-hydroxylation sites is 2. The highest BCUT2D eigenvalue weighted by molar-refractivity contribution is 7.20. The van der Waals surface area contributed by atoms with Crippen molar-refractivity contribution in [3.05, 3.63) is 59.8 Å². The fraction of sp³-hybridized carbons (Fsp3) is 0.320. The number of hydrogen-bond donors (Lipinski definition) is 1. The smallest absolute Gasteiger partial charge is 0.226 e. The first-order valence-electron chi connectivity index (χ1n) is 11.3. The number of fused-ring (bicyclic) bond motifs is 2. The van der Waals surface area contributed by atoms with Gasteiger partial charge in [0.15, 0.2) is 11.5 Å². The zero-order valence-corrected chi connectivity index (χ0v) is 19.1. The monoisotopic (exact) mass is 460 g/mol.